The van der Waals surface area contributed by atoms with Crippen molar-refractivity contribution in [3.05, 3.63) is 115 Å². The molecule has 1 aliphatic heterocycles. The Kier molecular flexibility index (Phi) is 5.74. The van der Waals surface area contributed by atoms with Crippen LogP contribution in [-0.2, 0) is 9.31 Å². The zero-order valence-electron chi connectivity index (χ0n) is 23.3. The van der Waals surface area contributed by atoms with Gasteiger partial charge in [0.1, 0.15) is 11.2 Å². The van der Waals surface area contributed by atoms with Crippen LogP contribution in [0.5, 0.6) is 0 Å². The highest BCUT2D eigenvalue weighted by Gasteiger charge is 2.52. The number of fused-ring (bicyclic) bond motifs is 3. The van der Waals surface area contributed by atoms with E-state index in [1.807, 2.05) is 18.2 Å². The molecule has 196 valence electrons. The molecule has 0 bridgehead atoms. The first-order chi connectivity index (χ1) is 19.3. The van der Waals surface area contributed by atoms with Crippen LogP contribution in [0.25, 0.3) is 55.3 Å². The Labute approximate surface area is 235 Å². The van der Waals surface area contributed by atoms with E-state index >= 15 is 0 Å². The quantitative estimate of drug-likeness (QED) is 0.217. The highest BCUT2D eigenvalue weighted by atomic mass is 16.7. The molecule has 0 atom stereocenters. The molecule has 0 radical (unpaired) electrons. The van der Waals surface area contributed by atoms with Crippen molar-refractivity contribution in [3.63, 3.8) is 0 Å². The van der Waals surface area contributed by atoms with Crippen molar-refractivity contribution in [3.8, 4) is 33.4 Å². The molecule has 1 saturated heterocycles. The molecule has 1 fully saturated rings. The summed E-state index contributed by atoms with van der Waals surface area (Å²) < 4.78 is 19.1. The van der Waals surface area contributed by atoms with Crippen molar-refractivity contribution in [1.29, 1.82) is 0 Å². The summed E-state index contributed by atoms with van der Waals surface area (Å²) in [7, 11) is -0.458. The summed E-state index contributed by atoms with van der Waals surface area (Å²) in [6, 6.07) is 40.5. The molecule has 6 aromatic rings. The molecule has 0 spiro atoms. The van der Waals surface area contributed by atoms with Gasteiger partial charge in [0.2, 0.25) is 0 Å². The third kappa shape index (κ3) is 4.16. The third-order valence-corrected chi connectivity index (χ3v) is 8.56. The van der Waals surface area contributed by atoms with Gasteiger partial charge in [0.15, 0.2) is 0 Å². The predicted molar refractivity (Wildman–Crippen MR) is 166 cm³/mol. The highest BCUT2D eigenvalue weighted by Crippen LogP contribution is 2.39. The Balaban J connectivity index is 1.27. The van der Waals surface area contributed by atoms with Gasteiger partial charge in [-0.05, 0) is 90.8 Å². The summed E-state index contributed by atoms with van der Waals surface area (Å²) in [6.07, 6.45) is 0. The third-order valence-electron chi connectivity index (χ3n) is 8.56. The fourth-order valence-electron chi connectivity index (χ4n) is 5.56. The average Bonchev–Trinajstić information content (AvgIpc) is 3.45. The van der Waals surface area contributed by atoms with E-state index in [2.05, 4.69) is 125 Å². The molecule has 2 heterocycles. The van der Waals surface area contributed by atoms with Crippen LogP contribution in [0.15, 0.2) is 120 Å². The van der Waals surface area contributed by atoms with E-state index in [1.54, 1.807) is 0 Å². The molecule has 0 N–H and O–H groups in total. The van der Waals surface area contributed by atoms with Crippen LogP contribution in [0.3, 0.4) is 0 Å². The summed E-state index contributed by atoms with van der Waals surface area (Å²) in [5.41, 5.74) is 9.00. The van der Waals surface area contributed by atoms with E-state index in [9.17, 15) is 0 Å². The lowest BCUT2D eigenvalue weighted by Crippen LogP contribution is -2.41. The van der Waals surface area contributed by atoms with Crippen LogP contribution < -0.4 is 5.46 Å². The van der Waals surface area contributed by atoms with E-state index in [0.717, 1.165) is 38.5 Å². The molecule has 5 aromatic carbocycles. The maximum Gasteiger partial charge on any atom is 0.495 e. The van der Waals surface area contributed by atoms with Gasteiger partial charge in [-0.3, -0.25) is 0 Å². The van der Waals surface area contributed by atoms with Crippen molar-refractivity contribution in [2.75, 3.05) is 0 Å². The summed E-state index contributed by atoms with van der Waals surface area (Å²) in [6.45, 7) is 8.34. The molecule has 4 heteroatoms. The number of benzene rings is 5. The second-order valence-corrected chi connectivity index (χ2v) is 11.6. The Bertz CT molecular complexity index is 1830. The number of rotatable bonds is 4. The first-order valence-electron chi connectivity index (χ1n) is 13.9. The molecule has 0 amide bonds. The molecule has 0 aliphatic carbocycles. The molecular formula is C36H31BO3. The minimum atomic E-state index is -0.458. The minimum Gasteiger partial charge on any atom is -0.456 e. The second-order valence-electron chi connectivity index (χ2n) is 11.6. The van der Waals surface area contributed by atoms with Crippen molar-refractivity contribution in [1.82, 2.24) is 0 Å². The molecule has 0 unspecified atom stereocenters. The average molecular weight is 522 g/mol. The zero-order valence-corrected chi connectivity index (χ0v) is 23.3. The molecule has 0 saturated carbocycles. The van der Waals surface area contributed by atoms with Gasteiger partial charge in [0, 0.05) is 10.8 Å². The predicted octanol–water partition coefficient (Wildman–Crippen LogP) is 8.89. The van der Waals surface area contributed by atoms with Crippen LogP contribution in [0.2, 0.25) is 0 Å². The van der Waals surface area contributed by atoms with Crippen LogP contribution in [0.4, 0.5) is 0 Å². The monoisotopic (exact) mass is 522 g/mol. The van der Waals surface area contributed by atoms with Crippen molar-refractivity contribution >= 4 is 34.5 Å². The maximum absolute atomic E-state index is 6.43. The maximum atomic E-state index is 6.43. The SMILES string of the molecule is CC1(C)OB(c2cccc3oc4ccc(-c5cccc(-c6ccc(-c7ccccc7)cc6)c5)cc4c23)OC1(C)C. The van der Waals surface area contributed by atoms with Gasteiger partial charge in [-0.2, -0.15) is 0 Å². The van der Waals surface area contributed by atoms with Gasteiger partial charge in [0.05, 0.1) is 11.2 Å². The van der Waals surface area contributed by atoms with Crippen molar-refractivity contribution in [2.45, 2.75) is 38.9 Å². The molecule has 1 aromatic heterocycles. The van der Waals surface area contributed by atoms with Crippen LogP contribution >= 0.6 is 0 Å². The summed E-state index contributed by atoms with van der Waals surface area (Å²) >= 11 is 0. The van der Waals surface area contributed by atoms with Gasteiger partial charge in [-0.1, -0.05) is 91.0 Å². The molecule has 40 heavy (non-hydrogen) atoms. The Morgan fingerprint density at radius 3 is 1.70 bits per heavy atom. The second kappa shape index (κ2) is 9.23. The van der Waals surface area contributed by atoms with Gasteiger partial charge < -0.3 is 13.7 Å². The molecule has 7 rings (SSSR count). The first-order valence-corrected chi connectivity index (χ1v) is 13.9. The fraction of sp³-hybridized carbons (Fsp3) is 0.167. The smallest absolute Gasteiger partial charge is 0.456 e. The van der Waals surface area contributed by atoms with Crippen LogP contribution in [0.1, 0.15) is 27.7 Å². The van der Waals surface area contributed by atoms with Crippen LogP contribution in [-0.4, -0.2) is 18.3 Å². The lowest BCUT2D eigenvalue weighted by atomic mass is 9.76. The minimum absolute atomic E-state index is 0.412. The fourth-order valence-corrected chi connectivity index (χ4v) is 5.56. The molecular weight excluding hydrogens is 491 g/mol. The molecule has 1 aliphatic rings. The Morgan fingerprint density at radius 1 is 0.475 bits per heavy atom. The van der Waals surface area contributed by atoms with Gasteiger partial charge in [0.25, 0.3) is 0 Å². The van der Waals surface area contributed by atoms with E-state index in [4.69, 9.17) is 13.7 Å². The van der Waals surface area contributed by atoms with Crippen molar-refractivity contribution < 1.29 is 13.7 Å². The van der Waals surface area contributed by atoms with Gasteiger partial charge in [-0.15, -0.1) is 0 Å². The van der Waals surface area contributed by atoms with Crippen molar-refractivity contribution in [2.24, 2.45) is 0 Å². The lowest BCUT2D eigenvalue weighted by molar-refractivity contribution is 0.00578. The van der Waals surface area contributed by atoms with E-state index in [1.165, 1.54) is 22.3 Å². The normalized spacial score (nSPS) is 16.1. The summed E-state index contributed by atoms with van der Waals surface area (Å²) in [5, 5.41) is 2.11. The van der Waals surface area contributed by atoms with Gasteiger partial charge >= 0.3 is 7.12 Å². The largest absolute Gasteiger partial charge is 0.495 e. The number of furan rings is 1. The highest BCUT2D eigenvalue weighted by molar-refractivity contribution is 6.66. The standard InChI is InChI=1S/C36H31BO3/c1-35(2)36(3,4)40-37(39-35)31-14-9-15-33-34(31)30-23-29(20-21-32(30)38-33)28-13-8-12-27(22-28)26-18-16-25(17-19-26)24-10-6-5-7-11-24/h5-23H,1-4H3. The zero-order chi connectivity index (χ0) is 27.5. The van der Waals surface area contributed by atoms with Gasteiger partial charge in [-0.25, -0.2) is 0 Å². The Morgan fingerprint density at radius 2 is 1.00 bits per heavy atom. The Hall–Kier alpha value is -4.12. The summed E-state index contributed by atoms with van der Waals surface area (Å²) in [4.78, 5) is 0. The molecule has 3 nitrogen and oxygen atoms in total. The van der Waals surface area contributed by atoms with E-state index < -0.39 is 18.3 Å². The topological polar surface area (TPSA) is 31.6 Å². The summed E-state index contributed by atoms with van der Waals surface area (Å²) in [5.74, 6) is 0. The number of hydrogen-bond donors (Lipinski definition) is 0. The van der Waals surface area contributed by atoms with Crippen LogP contribution in [0, 0.1) is 0 Å². The van der Waals surface area contributed by atoms with E-state index in [-0.39, 0.29) is 0 Å². The lowest BCUT2D eigenvalue weighted by Gasteiger charge is -2.32. The number of hydrogen-bond acceptors (Lipinski definition) is 3. The van der Waals surface area contributed by atoms with E-state index in [0.29, 0.717) is 0 Å². The first kappa shape index (κ1) is 24.9.